The monoisotopic (exact) mass is 256 g/mol. The van der Waals surface area contributed by atoms with Crippen molar-refractivity contribution in [3.63, 3.8) is 0 Å². The highest BCUT2D eigenvalue weighted by Gasteiger charge is 2.49. The highest BCUT2D eigenvalue weighted by Crippen LogP contribution is 2.30. The predicted octanol–water partition coefficient (Wildman–Crippen LogP) is 1.06. The third-order valence-corrected chi connectivity index (χ3v) is 3.91. The maximum absolute atomic E-state index is 11.9. The van der Waals surface area contributed by atoms with Crippen molar-refractivity contribution in [1.29, 1.82) is 0 Å². The van der Waals surface area contributed by atoms with Gasteiger partial charge in [0, 0.05) is 5.75 Å². The van der Waals surface area contributed by atoms with Gasteiger partial charge in [0.1, 0.15) is 5.41 Å². The first-order valence-electron chi connectivity index (χ1n) is 5.42. The third kappa shape index (κ3) is 2.88. The van der Waals surface area contributed by atoms with Gasteiger partial charge in [-0.2, -0.15) is 11.8 Å². The molecule has 0 unspecified atom stereocenters. The number of nitrogens with one attached hydrogen (secondary N) is 2. The van der Waals surface area contributed by atoms with Gasteiger partial charge in [-0.05, 0) is 18.6 Å². The molecule has 0 atom stereocenters. The minimum atomic E-state index is -1.20. The van der Waals surface area contributed by atoms with E-state index in [-0.39, 0.29) is 6.42 Å². The molecule has 1 aliphatic heterocycles. The molecule has 0 spiro atoms. The van der Waals surface area contributed by atoms with Gasteiger partial charge in [0.05, 0.1) is 0 Å². The Labute approximate surface area is 104 Å². The Bertz CT molecular complexity index is 335. The summed E-state index contributed by atoms with van der Waals surface area (Å²) in [6.45, 7) is 5.59. The number of allylic oxidation sites excluding steroid dienone is 1. The van der Waals surface area contributed by atoms with Gasteiger partial charge in [-0.1, -0.05) is 13.0 Å². The molecule has 0 saturated carbocycles. The molecule has 17 heavy (non-hydrogen) atoms. The smallest absolute Gasteiger partial charge is 0.277 e. The highest BCUT2D eigenvalue weighted by molar-refractivity contribution is 7.99. The first-order chi connectivity index (χ1) is 8.06. The summed E-state index contributed by atoms with van der Waals surface area (Å²) in [5.74, 6) is 0.162. The molecule has 1 heterocycles. The number of carbonyl (C=O) groups is 3. The maximum Gasteiger partial charge on any atom is 0.328 e. The maximum atomic E-state index is 11.9. The molecule has 94 valence electrons. The van der Waals surface area contributed by atoms with Crippen molar-refractivity contribution in [2.24, 2.45) is 5.41 Å². The molecule has 6 heteroatoms. The Kier molecular flexibility index (Phi) is 4.74. The van der Waals surface area contributed by atoms with Crippen molar-refractivity contribution in [2.75, 3.05) is 11.5 Å². The molecule has 0 aromatic heterocycles. The van der Waals surface area contributed by atoms with Crippen LogP contribution in [0.3, 0.4) is 0 Å². The second-order valence-corrected chi connectivity index (χ2v) is 4.97. The van der Waals surface area contributed by atoms with Crippen molar-refractivity contribution in [3.05, 3.63) is 12.7 Å². The molecule has 0 aromatic rings. The Hall–Kier alpha value is -1.30. The highest BCUT2D eigenvalue weighted by atomic mass is 32.2. The topological polar surface area (TPSA) is 75.3 Å². The van der Waals surface area contributed by atoms with Crippen LogP contribution >= 0.6 is 11.8 Å². The standard InChI is InChI=1S/C11H16N2O3S/c1-3-5-11(7-17-6-4-2)8(14)12-10(16)13-9(11)15/h3H,1,4-7H2,2H3,(H2,12,13,14,15,16). The van der Waals surface area contributed by atoms with E-state index in [4.69, 9.17) is 0 Å². The van der Waals surface area contributed by atoms with Crippen LogP contribution in [-0.4, -0.2) is 29.4 Å². The van der Waals surface area contributed by atoms with E-state index in [1.54, 1.807) is 0 Å². The minimum Gasteiger partial charge on any atom is -0.277 e. The van der Waals surface area contributed by atoms with Gasteiger partial charge >= 0.3 is 6.03 Å². The van der Waals surface area contributed by atoms with Crippen LogP contribution in [0.1, 0.15) is 19.8 Å². The summed E-state index contributed by atoms with van der Waals surface area (Å²) in [4.78, 5) is 34.7. The first-order valence-corrected chi connectivity index (χ1v) is 6.58. The molecule has 0 radical (unpaired) electrons. The van der Waals surface area contributed by atoms with Crippen LogP contribution in [0.15, 0.2) is 12.7 Å². The summed E-state index contributed by atoms with van der Waals surface area (Å²) in [5, 5.41) is 4.28. The lowest BCUT2D eigenvalue weighted by Gasteiger charge is -2.32. The molecule has 0 aliphatic carbocycles. The molecule has 1 rings (SSSR count). The first kappa shape index (κ1) is 13.8. The van der Waals surface area contributed by atoms with Crippen molar-refractivity contribution in [3.8, 4) is 0 Å². The summed E-state index contributed by atoms with van der Waals surface area (Å²) >= 11 is 1.53. The lowest BCUT2D eigenvalue weighted by Crippen LogP contribution is -2.63. The van der Waals surface area contributed by atoms with Crippen LogP contribution in [0.25, 0.3) is 0 Å². The van der Waals surface area contributed by atoms with Gasteiger partial charge < -0.3 is 0 Å². The fourth-order valence-corrected chi connectivity index (χ4v) is 2.75. The van der Waals surface area contributed by atoms with Crippen molar-refractivity contribution < 1.29 is 14.4 Å². The van der Waals surface area contributed by atoms with Gasteiger partial charge in [-0.3, -0.25) is 20.2 Å². The molecule has 0 bridgehead atoms. The zero-order chi connectivity index (χ0) is 12.9. The van der Waals surface area contributed by atoms with Crippen molar-refractivity contribution in [2.45, 2.75) is 19.8 Å². The number of hydrogen-bond acceptors (Lipinski definition) is 4. The molecular formula is C11H16N2O3S. The second-order valence-electron chi connectivity index (χ2n) is 3.86. The Morgan fingerprint density at radius 1 is 1.29 bits per heavy atom. The van der Waals surface area contributed by atoms with E-state index in [9.17, 15) is 14.4 Å². The predicted molar refractivity (Wildman–Crippen MR) is 66.5 cm³/mol. The van der Waals surface area contributed by atoms with Crippen LogP contribution < -0.4 is 10.6 Å². The van der Waals surface area contributed by atoms with Crippen molar-refractivity contribution >= 4 is 29.6 Å². The number of imide groups is 2. The van der Waals surface area contributed by atoms with E-state index in [0.29, 0.717) is 5.75 Å². The molecule has 1 saturated heterocycles. The van der Waals surface area contributed by atoms with E-state index < -0.39 is 23.3 Å². The normalized spacial score (nSPS) is 18.5. The van der Waals surface area contributed by atoms with E-state index in [2.05, 4.69) is 17.2 Å². The molecular weight excluding hydrogens is 240 g/mol. The molecule has 1 fully saturated rings. The molecule has 5 nitrogen and oxygen atoms in total. The average molecular weight is 256 g/mol. The summed E-state index contributed by atoms with van der Waals surface area (Å²) in [5.41, 5.74) is -1.20. The number of urea groups is 1. The summed E-state index contributed by atoms with van der Waals surface area (Å²) in [7, 11) is 0. The van der Waals surface area contributed by atoms with Crippen LogP contribution in [0.5, 0.6) is 0 Å². The molecule has 4 amide bonds. The summed E-state index contributed by atoms with van der Waals surface area (Å²) in [6.07, 6.45) is 2.73. The third-order valence-electron chi connectivity index (χ3n) is 2.51. The van der Waals surface area contributed by atoms with E-state index >= 15 is 0 Å². The number of hydrogen-bond donors (Lipinski definition) is 2. The van der Waals surface area contributed by atoms with Crippen LogP contribution in [0, 0.1) is 5.41 Å². The Balaban J connectivity index is 2.87. The minimum absolute atomic E-state index is 0.231. The zero-order valence-corrected chi connectivity index (χ0v) is 10.6. The van der Waals surface area contributed by atoms with E-state index in [0.717, 1.165) is 12.2 Å². The van der Waals surface area contributed by atoms with E-state index in [1.165, 1.54) is 17.8 Å². The molecule has 2 N–H and O–H groups in total. The second kappa shape index (κ2) is 5.86. The summed E-state index contributed by atoms with van der Waals surface area (Å²) < 4.78 is 0. The zero-order valence-electron chi connectivity index (χ0n) is 9.75. The fourth-order valence-electron chi connectivity index (χ4n) is 1.59. The number of barbiturate groups is 1. The van der Waals surface area contributed by atoms with Gasteiger partial charge in [-0.15, -0.1) is 6.58 Å². The Morgan fingerprint density at radius 2 is 1.88 bits per heavy atom. The summed E-state index contributed by atoms with van der Waals surface area (Å²) in [6, 6.07) is -0.750. The average Bonchev–Trinajstić information content (AvgIpc) is 2.25. The quantitative estimate of drug-likeness (QED) is 0.423. The number of thioether (sulfide) groups is 1. The van der Waals surface area contributed by atoms with Gasteiger partial charge in [0.2, 0.25) is 11.8 Å². The number of amides is 4. The van der Waals surface area contributed by atoms with E-state index in [1.807, 2.05) is 6.92 Å². The van der Waals surface area contributed by atoms with Crippen LogP contribution in [0.4, 0.5) is 4.79 Å². The largest absolute Gasteiger partial charge is 0.328 e. The fraction of sp³-hybridized carbons (Fsp3) is 0.545. The Morgan fingerprint density at radius 3 is 2.35 bits per heavy atom. The van der Waals surface area contributed by atoms with Gasteiger partial charge in [0.15, 0.2) is 0 Å². The van der Waals surface area contributed by atoms with Gasteiger partial charge in [0.25, 0.3) is 0 Å². The van der Waals surface area contributed by atoms with Crippen molar-refractivity contribution in [1.82, 2.24) is 10.6 Å². The van der Waals surface area contributed by atoms with Crippen LogP contribution in [-0.2, 0) is 9.59 Å². The molecule has 1 aliphatic rings. The van der Waals surface area contributed by atoms with Gasteiger partial charge in [-0.25, -0.2) is 4.79 Å². The number of rotatable bonds is 6. The lowest BCUT2D eigenvalue weighted by atomic mass is 9.83. The van der Waals surface area contributed by atoms with Crippen LogP contribution in [0.2, 0.25) is 0 Å². The SMILES string of the molecule is C=CCC1(CSCCC)C(=O)NC(=O)NC1=O. The molecule has 0 aromatic carbocycles. The number of carbonyl (C=O) groups excluding carboxylic acids is 3. The lowest BCUT2D eigenvalue weighted by molar-refractivity contribution is -0.142.